The highest BCUT2D eigenvalue weighted by atomic mass is 35.5. The molecule has 0 heterocycles. The van der Waals surface area contributed by atoms with Crippen LogP contribution in [0.5, 0.6) is 0 Å². The molecule has 0 aliphatic heterocycles. The fraction of sp³-hybridized carbons (Fsp3) is 0.133. The number of anilines is 1. The standard InChI is InChI=1S/C15H12Cl2N2/c16-12-8-13(17)10-14(9-12)19-15(6-7-18)11-4-2-1-3-5-11/h1-5,8-10,15,19H,6H2. The Kier molecular flexibility index (Phi) is 4.68. The van der Waals surface area contributed by atoms with E-state index in [0.29, 0.717) is 16.5 Å². The average Bonchev–Trinajstić information content (AvgIpc) is 2.38. The smallest absolute Gasteiger partial charge is 0.0647 e. The molecule has 1 unspecified atom stereocenters. The molecule has 0 bridgehead atoms. The summed E-state index contributed by atoms with van der Waals surface area (Å²) < 4.78 is 0. The van der Waals surface area contributed by atoms with Crippen LogP contribution in [0.3, 0.4) is 0 Å². The van der Waals surface area contributed by atoms with E-state index in [4.69, 9.17) is 28.5 Å². The summed E-state index contributed by atoms with van der Waals surface area (Å²) in [6.07, 6.45) is 0.369. The maximum atomic E-state index is 8.94. The molecule has 0 aromatic heterocycles. The van der Waals surface area contributed by atoms with Gasteiger partial charge in [-0.1, -0.05) is 53.5 Å². The molecule has 0 saturated heterocycles. The molecule has 0 amide bonds. The van der Waals surface area contributed by atoms with Gasteiger partial charge in [-0.25, -0.2) is 0 Å². The van der Waals surface area contributed by atoms with Gasteiger partial charge in [-0.2, -0.15) is 5.26 Å². The number of rotatable bonds is 4. The minimum atomic E-state index is -0.0827. The van der Waals surface area contributed by atoms with Gasteiger partial charge >= 0.3 is 0 Å². The molecule has 2 aromatic carbocycles. The molecular weight excluding hydrogens is 279 g/mol. The van der Waals surface area contributed by atoms with E-state index in [0.717, 1.165) is 11.3 Å². The molecule has 0 fully saturated rings. The molecule has 2 rings (SSSR count). The largest absolute Gasteiger partial charge is 0.377 e. The van der Waals surface area contributed by atoms with Gasteiger partial charge < -0.3 is 5.32 Å². The third-order valence-corrected chi connectivity index (χ3v) is 3.14. The third-order valence-electron chi connectivity index (χ3n) is 2.70. The first-order valence-corrected chi connectivity index (χ1v) is 6.59. The summed E-state index contributed by atoms with van der Waals surface area (Å²) in [5, 5.41) is 13.4. The minimum absolute atomic E-state index is 0.0827. The van der Waals surface area contributed by atoms with Crippen molar-refractivity contribution in [2.75, 3.05) is 5.32 Å². The van der Waals surface area contributed by atoms with E-state index in [-0.39, 0.29) is 6.04 Å². The van der Waals surface area contributed by atoms with Crippen LogP contribution in [0.1, 0.15) is 18.0 Å². The highest BCUT2D eigenvalue weighted by Crippen LogP contribution is 2.27. The minimum Gasteiger partial charge on any atom is -0.377 e. The van der Waals surface area contributed by atoms with E-state index in [1.807, 2.05) is 30.3 Å². The summed E-state index contributed by atoms with van der Waals surface area (Å²) in [7, 11) is 0. The fourth-order valence-corrected chi connectivity index (χ4v) is 2.39. The van der Waals surface area contributed by atoms with Crippen molar-refractivity contribution in [1.29, 1.82) is 5.26 Å². The van der Waals surface area contributed by atoms with Gasteiger partial charge in [0.05, 0.1) is 18.5 Å². The number of nitrogens with one attached hydrogen (secondary N) is 1. The predicted molar refractivity (Wildman–Crippen MR) is 79.5 cm³/mol. The van der Waals surface area contributed by atoms with Crippen molar-refractivity contribution in [3.63, 3.8) is 0 Å². The predicted octanol–water partition coefficient (Wildman–Crippen LogP) is 5.06. The Bertz CT molecular complexity index is 571. The Labute approximate surface area is 122 Å². The van der Waals surface area contributed by atoms with Gasteiger partial charge in [0, 0.05) is 15.7 Å². The number of nitriles is 1. The normalized spacial score (nSPS) is 11.6. The number of hydrogen-bond acceptors (Lipinski definition) is 2. The Hall–Kier alpha value is -1.69. The van der Waals surface area contributed by atoms with Crippen molar-refractivity contribution in [3.8, 4) is 6.07 Å². The van der Waals surface area contributed by atoms with Gasteiger partial charge in [0.25, 0.3) is 0 Å². The summed E-state index contributed by atoms with van der Waals surface area (Å²) >= 11 is 11.9. The van der Waals surface area contributed by atoms with Crippen LogP contribution in [0, 0.1) is 11.3 Å². The molecule has 19 heavy (non-hydrogen) atoms. The SMILES string of the molecule is N#CCC(Nc1cc(Cl)cc(Cl)c1)c1ccccc1. The third kappa shape index (κ3) is 3.89. The summed E-state index contributed by atoms with van der Waals surface area (Å²) in [6.45, 7) is 0. The zero-order valence-electron chi connectivity index (χ0n) is 10.1. The Morgan fingerprint density at radius 3 is 2.26 bits per heavy atom. The molecule has 96 valence electrons. The van der Waals surface area contributed by atoms with E-state index in [9.17, 15) is 0 Å². The Morgan fingerprint density at radius 2 is 1.68 bits per heavy atom. The van der Waals surface area contributed by atoms with Gasteiger partial charge in [-0.3, -0.25) is 0 Å². The molecule has 1 N–H and O–H groups in total. The average molecular weight is 291 g/mol. The number of halogens is 2. The summed E-state index contributed by atoms with van der Waals surface area (Å²) in [6, 6.07) is 17.2. The van der Waals surface area contributed by atoms with Crippen molar-refractivity contribution < 1.29 is 0 Å². The molecule has 0 aliphatic rings. The summed E-state index contributed by atoms with van der Waals surface area (Å²) in [5.41, 5.74) is 1.86. The van der Waals surface area contributed by atoms with Crippen LogP contribution >= 0.6 is 23.2 Å². The Balaban J connectivity index is 2.24. The first-order valence-electron chi connectivity index (χ1n) is 5.83. The van der Waals surface area contributed by atoms with Crippen LogP contribution in [0.25, 0.3) is 0 Å². The molecule has 2 aromatic rings. The van der Waals surface area contributed by atoms with Crippen LogP contribution in [0.2, 0.25) is 10.0 Å². The quantitative estimate of drug-likeness (QED) is 0.854. The highest BCUT2D eigenvalue weighted by Gasteiger charge is 2.11. The first kappa shape index (κ1) is 13.7. The van der Waals surface area contributed by atoms with Crippen LogP contribution in [0.4, 0.5) is 5.69 Å². The first-order chi connectivity index (χ1) is 9.19. The number of hydrogen-bond donors (Lipinski definition) is 1. The molecule has 0 aliphatic carbocycles. The van der Waals surface area contributed by atoms with E-state index < -0.39 is 0 Å². The molecule has 0 radical (unpaired) electrons. The lowest BCUT2D eigenvalue weighted by Crippen LogP contribution is -2.10. The molecule has 4 heteroatoms. The van der Waals surface area contributed by atoms with Gasteiger partial charge in [0.2, 0.25) is 0 Å². The second kappa shape index (κ2) is 6.47. The van der Waals surface area contributed by atoms with Gasteiger partial charge in [0.1, 0.15) is 0 Å². The molecular formula is C15H12Cl2N2. The van der Waals surface area contributed by atoms with Crippen LogP contribution in [-0.2, 0) is 0 Å². The maximum Gasteiger partial charge on any atom is 0.0647 e. The molecule has 1 atom stereocenters. The highest BCUT2D eigenvalue weighted by molar-refractivity contribution is 6.35. The zero-order valence-corrected chi connectivity index (χ0v) is 11.6. The van der Waals surface area contributed by atoms with Crippen LogP contribution in [-0.4, -0.2) is 0 Å². The summed E-state index contributed by atoms with van der Waals surface area (Å²) in [5.74, 6) is 0. The van der Waals surface area contributed by atoms with Crippen LogP contribution < -0.4 is 5.32 Å². The molecule has 0 saturated carbocycles. The van der Waals surface area contributed by atoms with E-state index >= 15 is 0 Å². The topological polar surface area (TPSA) is 35.8 Å². The van der Waals surface area contributed by atoms with Crippen molar-refractivity contribution >= 4 is 28.9 Å². The van der Waals surface area contributed by atoms with Crippen molar-refractivity contribution in [1.82, 2.24) is 0 Å². The number of nitrogens with zero attached hydrogens (tertiary/aromatic N) is 1. The van der Waals surface area contributed by atoms with Gasteiger partial charge in [0.15, 0.2) is 0 Å². The lowest BCUT2D eigenvalue weighted by Gasteiger charge is -2.18. The van der Waals surface area contributed by atoms with Crippen molar-refractivity contribution in [2.45, 2.75) is 12.5 Å². The monoisotopic (exact) mass is 290 g/mol. The van der Waals surface area contributed by atoms with Gasteiger partial charge in [-0.05, 0) is 23.8 Å². The second-order valence-corrected chi connectivity index (χ2v) is 5.00. The Morgan fingerprint density at radius 1 is 1.05 bits per heavy atom. The lowest BCUT2D eigenvalue weighted by atomic mass is 10.0. The lowest BCUT2D eigenvalue weighted by molar-refractivity contribution is 0.806. The molecule has 0 spiro atoms. The van der Waals surface area contributed by atoms with Gasteiger partial charge in [-0.15, -0.1) is 0 Å². The van der Waals surface area contributed by atoms with Crippen molar-refractivity contribution in [3.05, 3.63) is 64.1 Å². The zero-order chi connectivity index (χ0) is 13.7. The van der Waals surface area contributed by atoms with E-state index in [1.165, 1.54) is 0 Å². The molecule has 2 nitrogen and oxygen atoms in total. The number of benzene rings is 2. The second-order valence-electron chi connectivity index (χ2n) is 4.13. The summed E-state index contributed by atoms with van der Waals surface area (Å²) in [4.78, 5) is 0. The van der Waals surface area contributed by atoms with Crippen molar-refractivity contribution in [2.24, 2.45) is 0 Å². The fourth-order valence-electron chi connectivity index (χ4n) is 1.87. The van der Waals surface area contributed by atoms with E-state index in [1.54, 1.807) is 18.2 Å². The maximum absolute atomic E-state index is 8.94. The van der Waals surface area contributed by atoms with Crippen LogP contribution in [0.15, 0.2) is 48.5 Å². The van der Waals surface area contributed by atoms with E-state index in [2.05, 4.69) is 11.4 Å².